The number of fused-ring (bicyclic) bond motifs is 1. The number of rotatable bonds is 4. The first-order valence-corrected chi connectivity index (χ1v) is 8.68. The highest BCUT2D eigenvalue weighted by Gasteiger charge is 2.20. The summed E-state index contributed by atoms with van der Waals surface area (Å²) in [6.45, 7) is 1.51. The van der Waals surface area contributed by atoms with E-state index in [1.165, 1.54) is 11.1 Å². The molecule has 4 nitrogen and oxygen atoms in total. The predicted octanol–water partition coefficient (Wildman–Crippen LogP) is 2.94. The molecule has 1 aromatic carbocycles. The number of hydrogen-bond acceptors (Lipinski definition) is 4. The molecule has 1 amide bonds. The highest BCUT2D eigenvalue weighted by atomic mass is 32.1. The maximum atomic E-state index is 12.5. The number of hydrogen-bond donors (Lipinski definition) is 0. The molecule has 2 aromatic rings. The Balaban J connectivity index is 1.73. The average Bonchev–Trinajstić information content (AvgIpc) is 2.98. The molecular formula is C18H21NO3S. The zero-order chi connectivity index (χ0) is 16.2. The van der Waals surface area contributed by atoms with Crippen LogP contribution in [-0.4, -0.2) is 38.1 Å². The first-order valence-electron chi connectivity index (χ1n) is 7.74. The molecule has 0 atom stereocenters. The number of thiophene rings is 1. The molecule has 23 heavy (non-hydrogen) atoms. The van der Waals surface area contributed by atoms with Crippen LogP contribution in [0.4, 0.5) is 0 Å². The molecule has 0 saturated heterocycles. The van der Waals surface area contributed by atoms with Gasteiger partial charge in [-0.3, -0.25) is 4.79 Å². The number of benzene rings is 1. The van der Waals surface area contributed by atoms with Crippen LogP contribution in [0, 0.1) is 0 Å². The van der Waals surface area contributed by atoms with E-state index >= 15 is 0 Å². The molecule has 1 aliphatic rings. The van der Waals surface area contributed by atoms with Crippen molar-refractivity contribution in [1.29, 1.82) is 0 Å². The largest absolute Gasteiger partial charge is 0.493 e. The predicted molar refractivity (Wildman–Crippen MR) is 91.6 cm³/mol. The third kappa shape index (κ3) is 3.50. The third-order valence-electron chi connectivity index (χ3n) is 4.30. The van der Waals surface area contributed by atoms with Crippen LogP contribution < -0.4 is 9.47 Å². The Morgan fingerprint density at radius 3 is 2.22 bits per heavy atom. The summed E-state index contributed by atoms with van der Waals surface area (Å²) in [6, 6.07) is 6.10. The summed E-state index contributed by atoms with van der Waals surface area (Å²) >= 11 is 1.63. The van der Waals surface area contributed by atoms with Crippen molar-refractivity contribution in [3.05, 3.63) is 45.6 Å². The molecule has 0 N–H and O–H groups in total. The number of amides is 1. The van der Waals surface area contributed by atoms with E-state index in [2.05, 4.69) is 0 Å². The average molecular weight is 331 g/mol. The van der Waals surface area contributed by atoms with Gasteiger partial charge in [0.25, 0.3) is 0 Å². The Morgan fingerprint density at radius 2 is 1.74 bits per heavy atom. The van der Waals surface area contributed by atoms with Crippen LogP contribution in [0.2, 0.25) is 0 Å². The van der Waals surface area contributed by atoms with Gasteiger partial charge in [-0.1, -0.05) is 0 Å². The highest BCUT2D eigenvalue weighted by Crippen LogP contribution is 2.32. The summed E-state index contributed by atoms with van der Waals surface area (Å²) in [5.74, 6) is 1.71. The molecular weight excluding hydrogens is 310 g/mol. The van der Waals surface area contributed by atoms with Crippen molar-refractivity contribution in [1.82, 2.24) is 4.90 Å². The molecule has 0 bridgehead atoms. The van der Waals surface area contributed by atoms with Crippen LogP contribution in [0.15, 0.2) is 29.0 Å². The minimum Gasteiger partial charge on any atom is -0.493 e. The van der Waals surface area contributed by atoms with Crippen LogP contribution in [0.1, 0.15) is 16.7 Å². The number of nitrogens with zero attached hydrogens (tertiary/aromatic N) is 1. The molecule has 1 aromatic heterocycles. The van der Waals surface area contributed by atoms with Crippen molar-refractivity contribution < 1.29 is 14.3 Å². The van der Waals surface area contributed by atoms with Crippen molar-refractivity contribution >= 4 is 17.2 Å². The van der Waals surface area contributed by atoms with E-state index < -0.39 is 0 Å². The van der Waals surface area contributed by atoms with Gasteiger partial charge in [-0.15, -0.1) is 0 Å². The first kappa shape index (κ1) is 15.9. The first-order chi connectivity index (χ1) is 11.2. The maximum absolute atomic E-state index is 12.5. The minimum absolute atomic E-state index is 0.204. The van der Waals surface area contributed by atoms with Crippen molar-refractivity contribution in [2.45, 2.75) is 19.3 Å². The van der Waals surface area contributed by atoms with E-state index in [0.717, 1.165) is 43.0 Å². The van der Waals surface area contributed by atoms with Gasteiger partial charge in [0.15, 0.2) is 11.5 Å². The van der Waals surface area contributed by atoms with Gasteiger partial charge < -0.3 is 14.4 Å². The monoisotopic (exact) mass is 331 g/mol. The molecule has 122 valence electrons. The van der Waals surface area contributed by atoms with Crippen molar-refractivity contribution in [2.24, 2.45) is 0 Å². The lowest BCUT2D eigenvalue weighted by molar-refractivity contribution is -0.130. The lowest BCUT2D eigenvalue weighted by Crippen LogP contribution is -2.34. The standard InChI is InChI=1S/C18H21NO3S/c1-21-16-10-14-3-6-19(7-4-15(14)11-17(16)22-2)18(20)9-13-5-8-23-12-13/h5,8,10-12H,3-4,6-7,9H2,1-2H3. The summed E-state index contributed by atoms with van der Waals surface area (Å²) in [6.07, 6.45) is 2.20. The lowest BCUT2D eigenvalue weighted by Gasteiger charge is -2.20. The Bertz CT molecular complexity index is 647. The smallest absolute Gasteiger partial charge is 0.227 e. The van der Waals surface area contributed by atoms with E-state index in [0.29, 0.717) is 6.42 Å². The van der Waals surface area contributed by atoms with Crippen LogP contribution in [0.25, 0.3) is 0 Å². The van der Waals surface area contributed by atoms with Crippen LogP contribution in [-0.2, 0) is 24.1 Å². The molecule has 0 fully saturated rings. The molecule has 0 unspecified atom stereocenters. The Labute approximate surface area is 140 Å². The van der Waals surface area contributed by atoms with E-state index in [9.17, 15) is 4.79 Å². The van der Waals surface area contributed by atoms with E-state index in [4.69, 9.17) is 9.47 Å². The highest BCUT2D eigenvalue weighted by molar-refractivity contribution is 7.08. The Hall–Kier alpha value is -2.01. The van der Waals surface area contributed by atoms with Gasteiger partial charge in [-0.05, 0) is 58.5 Å². The fourth-order valence-corrected chi connectivity index (χ4v) is 3.65. The van der Waals surface area contributed by atoms with Crippen LogP contribution in [0.5, 0.6) is 11.5 Å². The van der Waals surface area contributed by atoms with E-state index in [1.807, 2.05) is 33.9 Å². The summed E-state index contributed by atoms with van der Waals surface area (Å²) in [5, 5.41) is 4.06. The number of methoxy groups -OCH3 is 2. The second-order valence-corrected chi connectivity index (χ2v) is 6.45. The second kappa shape index (κ2) is 7.04. The summed E-state index contributed by atoms with van der Waals surface area (Å²) in [7, 11) is 3.30. The summed E-state index contributed by atoms with van der Waals surface area (Å²) < 4.78 is 10.8. The molecule has 0 radical (unpaired) electrons. The molecule has 1 aliphatic heterocycles. The van der Waals surface area contributed by atoms with Gasteiger partial charge in [0.1, 0.15) is 0 Å². The van der Waals surface area contributed by atoms with Gasteiger partial charge in [-0.2, -0.15) is 11.3 Å². The fraction of sp³-hybridized carbons (Fsp3) is 0.389. The van der Waals surface area contributed by atoms with Crippen molar-refractivity contribution in [2.75, 3.05) is 27.3 Å². The Morgan fingerprint density at radius 1 is 1.13 bits per heavy atom. The molecule has 0 aliphatic carbocycles. The normalized spacial score (nSPS) is 14.1. The van der Waals surface area contributed by atoms with Crippen molar-refractivity contribution in [3.8, 4) is 11.5 Å². The summed E-state index contributed by atoms with van der Waals surface area (Å²) in [5.41, 5.74) is 3.59. The number of ether oxygens (including phenoxy) is 2. The topological polar surface area (TPSA) is 38.8 Å². The van der Waals surface area contributed by atoms with E-state index in [1.54, 1.807) is 25.6 Å². The second-order valence-electron chi connectivity index (χ2n) is 5.67. The zero-order valence-electron chi connectivity index (χ0n) is 13.5. The van der Waals surface area contributed by atoms with Crippen LogP contribution in [0.3, 0.4) is 0 Å². The quantitative estimate of drug-likeness (QED) is 0.865. The van der Waals surface area contributed by atoms with Gasteiger partial charge in [0.2, 0.25) is 5.91 Å². The SMILES string of the molecule is COc1cc2c(cc1OC)CCN(C(=O)Cc1ccsc1)CC2. The van der Waals surface area contributed by atoms with Gasteiger partial charge in [0, 0.05) is 13.1 Å². The molecule has 3 rings (SSSR count). The maximum Gasteiger partial charge on any atom is 0.227 e. The van der Waals surface area contributed by atoms with Crippen LogP contribution >= 0.6 is 11.3 Å². The van der Waals surface area contributed by atoms with Gasteiger partial charge in [-0.25, -0.2) is 0 Å². The van der Waals surface area contributed by atoms with Crippen molar-refractivity contribution in [3.63, 3.8) is 0 Å². The number of carbonyl (C=O) groups excluding carboxylic acids is 1. The fourth-order valence-electron chi connectivity index (χ4n) is 2.98. The molecule has 2 heterocycles. The minimum atomic E-state index is 0.204. The summed E-state index contributed by atoms with van der Waals surface area (Å²) in [4.78, 5) is 14.5. The zero-order valence-corrected chi connectivity index (χ0v) is 14.3. The lowest BCUT2D eigenvalue weighted by atomic mass is 10.0. The van der Waals surface area contributed by atoms with Gasteiger partial charge >= 0.3 is 0 Å². The number of carbonyl (C=O) groups is 1. The van der Waals surface area contributed by atoms with E-state index in [-0.39, 0.29) is 5.91 Å². The Kier molecular flexibility index (Phi) is 4.86. The third-order valence-corrected chi connectivity index (χ3v) is 5.03. The molecule has 0 spiro atoms. The van der Waals surface area contributed by atoms with Gasteiger partial charge in [0.05, 0.1) is 20.6 Å². The molecule has 0 saturated carbocycles. The molecule has 5 heteroatoms.